The predicted molar refractivity (Wildman–Crippen MR) is 113 cm³/mol. The molecule has 0 saturated carbocycles. The zero-order chi connectivity index (χ0) is 22.3. The van der Waals surface area contributed by atoms with Gasteiger partial charge in [-0.05, 0) is 30.7 Å². The van der Waals surface area contributed by atoms with Crippen LogP contribution in [-0.4, -0.2) is 71.1 Å². The van der Waals surface area contributed by atoms with Crippen molar-refractivity contribution in [1.29, 1.82) is 0 Å². The summed E-state index contributed by atoms with van der Waals surface area (Å²) in [6, 6.07) is 10.4. The number of hydrogen-bond donors (Lipinski definition) is 0. The van der Waals surface area contributed by atoms with Crippen molar-refractivity contribution in [1.82, 2.24) is 20.0 Å². The van der Waals surface area contributed by atoms with Crippen molar-refractivity contribution < 1.29 is 23.9 Å². The Morgan fingerprint density at radius 3 is 2.56 bits per heavy atom. The van der Waals surface area contributed by atoms with E-state index in [0.29, 0.717) is 25.4 Å². The molecule has 3 heterocycles. The van der Waals surface area contributed by atoms with Crippen LogP contribution in [0.1, 0.15) is 31.2 Å². The van der Waals surface area contributed by atoms with Crippen LogP contribution in [0.25, 0.3) is 0 Å². The first-order valence-electron chi connectivity index (χ1n) is 11.4. The van der Waals surface area contributed by atoms with Gasteiger partial charge in [-0.2, -0.15) is 0 Å². The lowest BCUT2D eigenvalue weighted by molar-refractivity contribution is -0.751. The van der Waals surface area contributed by atoms with E-state index in [4.69, 9.17) is 0 Å². The summed E-state index contributed by atoms with van der Waals surface area (Å²) in [7, 11) is 0. The Balaban J connectivity index is 1.17. The van der Waals surface area contributed by atoms with Gasteiger partial charge in [0.25, 0.3) is 12.5 Å². The second-order valence-corrected chi connectivity index (χ2v) is 8.75. The molecule has 0 N–H and O–H groups in total. The molecule has 2 aromatic rings. The number of likely N-dealkylation sites (tertiary alicyclic amines) is 1. The molecule has 1 unspecified atom stereocenters. The summed E-state index contributed by atoms with van der Waals surface area (Å²) in [6.07, 6.45) is 4.47. The molecular formula is C23H31N5O4. The molecule has 2 aliphatic rings. The molecule has 1 aromatic carbocycles. The molecule has 0 spiro atoms. The fourth-order valence-electron chi connectivity index (χ4n) is 4.58. The maximum atomic E-state index is 12.7. The van der Waals surface area contributed by atoms with Gasteiger partial charge in [-0.25, -0.2) is 0 Å². The molecule has 2 saturated heterocycles. The van der Waals surface area contributed by atoms with E-state index in [1.54, 1.807) is 0 Å². The van der Waals surface area contributed by atoms with Gasteiger partial charge < -0.3 is 19.4 Å². The molecule has 0 radical (unpaired) electrons. The molecule has 0 bridgehead atoms. The third-order valence-corrected chi connectivity index (χ3v) is 6.40. The molecule has 2 fully saturated rings. The van der Waals surface area contributed by atoms with Crippen molar-refractivity contribution in [2.75, 3.05) is 39.3 Å². The molecule has 32 heavy (non-hydrogen) atoms. The summed E-state index contributed by atoms with van der Waals surface area (Å²) in [5.41, 5.74) is 1.30. The van der Waals surface area contributed by atoms with E-state index < -0.39 is 5.95 Å². The van der Waals surface area contributed by atoms with E-state index in [1.165, 1.54) is 16.4 Å². The highest BCUT2D eigenvalue weighted by atomic mass is 16.6. The summed E-state index contributed by atoms with van der Waals surface area (Å²) in [4.78, 5) is 31.4. The number of carbonyl (C=O) groups excluding carboxylic acids is 2. The van der Waals surface area contributed by atoms with Crippen molar-refractivity contribution in [2.45, 2.75) is 38.8 Å². The summed E-state index contributed by atoms with van der Waals surface area (Å²) >= 11 is 0. The van der Waals surface area contributed by atoms with Gasteiger partial charge in [0.2, 0.25) is 12.1 Å². The molecule has 9 nitrogen and oxygen atoms in total. The van der Waals surface area contributed by atoms with Gasteiger partial charge in [-0.15, -0.1) is 0 Å². The highest BCUT2D eigenvalue weighted by Gasteiger charge is 2.28. The van der Waals surface area contributed by atoms with E-state index in [0.717, 1.165) is 52.0 Å². The first kappa shape index (κ1) is 22.3. The lowest BCUT2D eigenvalue weighted by Crippen LogP contribution is -2.49. The topological polar surface area (TPSA) is 96.8 Å². The lowest BCUT2D eigenvalue weighted by Gasteiger charge is -2.35. The van der Waals surface area contributed by atoms with Gasteiger partial charge in [-0.1, -0.05) is 35.0 Å². The standard InChI is InChI=1S/C23H31N5O4/c29-21(26-13-11-25(12-14-26)15-19-5-2-1-3-6-19)9-8-20-7-4-10-27(16-20)22(30)17-28-18-23(31)32-24-28/h1-3,5-6,18,20H,4,7-17H2. The van der Waals surface area contributed by atoms with Crippen LogP contribution < -0.4 is 9.79 Å². The number of piperazine rings is 1. The number of benzene rings is 1. The van der Waals surface area contributed by atoms with Gasteiger partial charge in [0.1, 0.15) is 5.95 Å². The maximum Gasteiger partial charge on any atom is 0.291 e. The molecule has 1 atom stereocenters. The number of aromatic nitrogens is 2. The molecule has 172 valence electrons. The van der Waals surface area contributed by atoms with Crippen LogP contribution in [0.2, 0.25) is 0 Å². The van der Waals surface area contributed by atoms with Gasteiger partial charge in [-0.3, -0.25) is 14.5 Å². The zero-order valence-corrected chi connectivity index (χ0v) is 18.4. The first-order valence-corrected chi connectivity index (χ1v) is 11.4. The lowest BCUT2D eigenvalue weighted by atomic mass is 9.93. The van der Waals surface area contributed by atoms with Crippen LogP contribution in [0, 0.1) is 5.92 Å². The summed E-state index contributed by atoms with van der Waals surface area (Å²) < 4.78 is 5.71. The normalized spacial score (nSPS) is 19.8. The Hall–Kier alpha value is -2.94. The Morgan fingerprint density at radius 2 is 1.84 bits per heavy atom. The minimum Gasteiger partial charge on any atom is -0.539 e. The minimum absolute atomic E-state index is 0.00461. The Kier molecular flexibility index (Phi) is 7.36. The summed E-state index contributed by atoms with van der Waals surface area (Å²) in [6.45, 7) is 5.64. The third-order valence-electron chi connectivity index (χ3n) is 6.40. The zero-order valence-electron chi connectivity index (χ0n) is 18.4. The van der Waals surface area contributed by atoms with E-state index in [1.807, 2.05) is 15.9 Å². The minimum atomic E-state index is -0.561. The van der Waals surface area contributed by atoms with E-state index in [2.05, 4.69) is 39.0 Å². The molecule has 9 heteroatoms. The Morgan fingerprint density at radius 1 is 1.06 bits per heavy atom. The Labute approximate surface area is 188 Å². The van der Waals surface area contributed by atoms with Gasteiger partial charge in [0.05, 0.1) is 5.27 Å². The van der Waals surface area contributed by atoms with Crippen LogP contribution in [0.15, 0.2) is 41.1 Å². The number of rotatable bonds is 7. The van der Waals surface area contributed by atoms with Gasteiger partial charge in [0.15, 0.2) is 0 Å². The summed E-state index contributed by atoms with van der Waals surface area (Å²) in [5.74, 6) is -0.0927. The first-order chi connectivity index (χ1) is 15.6. The molecule has 1 aromatic heterocycles. The number of carbonyl (C=O) groups is 2. The molecule has 4 rings (SSSR count). The third kappa shape index (κ3) is 6.06. The van der Waals surface area contributed by atoms with E-state index >= 15 is 0 Å². The van der Waals surface area contributed by atoms with Crippen molar-refractivity contribution in [2.24, 2.45) is 5.92 Å². The summed E-state index contributed by atoms with van der Waals surface area (Å²) in [5, 5.41) is 14.6. The van der Waals surface area contributed by atoms with Crippen LogP contribution in [0.3, 0.4) is 0 Å². The predicted octanol–water partition coefficient (Wildman–Crippen LogP) is 0.399. The highest BCUT2D eigenvalue weighted by molar-refractivity contribution is 5.76. The Bertz CT molecular complexity index is 895. The van der Waals surface area contributed by atoms with Crippen LogP contribution in [0.5, 0.6) is 5.95 Å². The second kappa shape index (κ2) is 10.6. The molecule has 0 aliphatic carbocycles. The van der Waals surface area contributed by atoms with E-state index in [9.17, 15) is 14.7 Å². The van der Waals surface area contributed by atoms with E-state index in [-0.39, 0.29) is 18.4 Å². The fourth-order valence-corrected chi connectivity index (χ4v) is 4.58. The number of nitrogens with zero attached hydrogens (tertiary/aromatic N) is 5. The van der Waals surface area contributed by atoms with Crippen molar-refractivity contribution >= 4 is 11.8 Å². The fraction of sp³-hybridized carbons (Fsp3) is 0.565. The van der Waals surface area contributed by atoms with Crippen molar-refractivity contribution in [3.05, 3.63) is 42.1 Å². The maximum absolute atomic E-state index is 12.7. The largest absolute Gasteiger partial charge is 0.539 e. The quantitative estimate of drug-likeness (QED) is 0.577. The molecule has 2 amide bonds. The number of amides is 2. The monoisotopic (exact) mass is 441 g/mol. The SMILES string of the molecule is O=C(CCC1CCCN(C(=O)C[n+]2cc([O-])on2)C1)N1CCN(Cc2ccccc2)CC1. The van der Waals surface area contributed by atoms with Crippen LogP contribution in [0.4, 0.5) is 0 Å². The number of hydrogen-bond acceptors (Lipinski definition) is 6. The number of piperidine rings is 1. The molecule has 2 aliphatic heterocycles. The average molecular weight is 442 g/mol. The van der Waals surface area contributed by atoms with Gasteiger partial charge in [0, 0.05) is 52.2 Å². The van der Waals surface area contributed by atoms with Crippen molar-refractivity contribution in [3.8, 4) is 5.95 Å². The van der Waals surface area contributed by atoms with Crippen molar-refractivity contribution in [3.63, 3.8) is 0 Å². The molecular weight excluding hydrogens is 410 g/mol. The average Bonchev–Trinajstić information content (AvgIpc) is 3.23. The van der Waals surface area contributed by atoms with Gasteiger partial charge >= 0.3 is 0 Å². The smallest absolute Gasteiger partial charge is 0.291 e. The van der Waals surface area contributed by atoms with Crippen LogP contribution in [-0.2, 0) is 22.7 Å². The second-order valence-electron chi connectivity index (χ2n) is 8.75. The highest BCUT2D eigenvalue weighted by Crippen LogP contribution is 2.22. The van der Waals surface area contributed by atoms with Crippen LogP contribution >= 0.6 is 0 Å².